The maximum absolute atomic E-state index is 13.8. The summed E-state index contributed by atoms with van der Waals surface area (Å²) in [4.78, 5) is 4.85. The van der Waals surface area contributed by atoms with Gasteiger partial charge in [-0.05, 0) is 43.7 Å². The molecule has 2 aliphatic rings. The smallest absolute Gasteiger partial charge is 0.123 e. The lowest BCUT2D eigenvalue weighted by Gasteiger charge is -2.37. The van der Waals surface area contributed by atoms with Crippen molar-refractivity contribution in [1.29, 1.82) is 0 Å². The largest absolute Gasteiger partial charge is 0.380 e. The SMILES string of the molecule is CCN1CCN(c2ccc(F)cc2[C@H](C)N[C@@H]2CCOC2)CC1. The van der Waals surface area contributed by atoms with Crippen LogP contribution in [0.1, 0.15) is 31.9 Å². The van der Waals surface area contributed by atoms with Crippen molar-refractivity contribution in [3.63, 3.8) is 0 Å². The molecule has 0 unspecified atom stereocenters. The van der Waals surface area contributed by atoms with Gasteiger partial charge in [0.15, 0.2) is 0 Å². The zero-order chi connectivity index (χ0) is 16.2. The van der Waals surface area contributed by atoms with Gasteiger partial charge >= 0.3 is 0 Å². The van der Waals surface area contributed by atoms with Crippen molar-refractivity contribution in [1.82, 2.24) is 10.2 Å². The van der Waals surface area contributed by atoms with E-state index in [1.165, 1.54) is 5.69 Å². The van der Waals surface area contributed by atoms with Gasteiger partial charge in [-0.3, -0.25) is 0 Å². The van der Waals surface area contributed by atoms with E-state index >= 15 is 0 Å². The summed E-state index contributed by atoms with van der Waals surface area (Å²) in [7, 11) is 0. The van der Waals surface area contributed by atoms with Gasteiger partial charge in [0, 0.05) is 50.6 Å². The Balaban J connectivity index is 1.74. The van der Waals surface area contributed by atoms with Crippen LogP contribution in [-0.2, 0) is 4.74 Å². The van der Waals surface area contributed by atoms with Crippen molar-refractivity contribution in [3.8, 4) is 0 Å². The zero-order valence-corrected chi connectivity index (χ0v) is 14.2. The Labute approximate surface area is 138 Å². The lowest BCUT2D eigenvalue weighted by Crippen LogP contribution is -2.46. The van der Waals surface area contributed by atoms with Gasteiger partial charge in [-0.25, -0.2) is 4.39 Å². The number of hydrogen-bond acceptors (Lipinski definition) is 4. The number of anilines is 1. The van der Waals surface area contributed by atoms with Crippen LogP contribution in [0.3, 0.4) is 0 Å². The molecule has 0 radical (unpaired) electrons. The van der Waals surface area contributed by atoms with E-state index in [2.05, 4.69) is 29.0 Å². The fourth-order valence-electron chi connectivity index (χ4n) is 3.57. The summed E-state index contributed by atoms with van der Waals surface area (Å²) in [6.07, 6.45) is 1.03. The lowest BCUT2D eigenvalue weighted by molar-refractivity contribution is 0.188. The maximum Gasteiger partial charge on any atom is 0.123 e. The molecule has 4 nitrogen and oxygen atoms in total. The fourth-order valence-corrected chi connectivity index (χ4v) is 3.57. The molecule has 1 N–H and O–H groups in total. The van der Waals surface area contributed by atoms with Crippen molar-refractivity contribution in [3.05, 3.63) is 29.6 Å². The minimum absolute atomic E-state index is 0.122. The molecule has 0 amide bonds. The highest BCUT2D eigenvalue weighted by Gasteiger charge is 2.23. The Kier molecular flexibility index (Phi) is 5.51. The number of nitrogens with zero attached hydrogens (tertiary/aromatic N) is 2. The molecule has 0 bridgehead atoms. The predicted octanol–water partition coefficient (Wildman–Crippen LogP) is 2.41. The highest BCUT2D eigenvalue weighted by atomic mass is 19.1. The average molecular weight is 321 g/mol. The van der Waals surface area contributed by atoms with Crippen molar-refractivity contribution in [2.75, 3.05) is 50.8 Å². The predicted molar refractivity (Wildman–Crippen MR) is 91.5 cm³/mol. The summed E-state index contributed by atoms with van der Waals surface area (Å²) >= 11 is 0. The normalized spacial score (nSPS) is 24.1. The van der Waals surface area contributed by atoms with Gasteiger partial charge in [0.2, 0.25) is 0 Å². The number of likely N-dealkylation sites (N-methyl/N-ethyl adjacent to an activating group) is 1. The van der Waals surface area contributed by atoms with Crippen molar-refractivity contribution in [2.45, 2.75) is 32.4 Å². The number of rotatable bonds is 5. The zero-order valence-electron chi connectivity index (χ0n) is 14.2. The van der Waals surface area contributed by atoms with Gasteiger partial charge in [-0.15, -0.1) is 0 Å². The number of ether oxygens (including phenoxy) is 1. The first-order valence-electron chi connectivity index (χ1n) is 8.78. The first-order valence-corrected chi connectivity index (χ1v) is 8.78. The second-order valence-corrected chi connectivity index (χ2v) is 6.57. The second kappa shape index (κ2) is 7.60. The molecule has 0 aromatic heterocycles. The van der Waals surface area contributed by atoms with Crippen molar-refractivity contribution >= 4 is 5.69 Å². The quantitative estimate of drug-likeness (QED) is 0.901. The average Bonchev–Trinajstić information content (AvgIpc) is 3.08. The number of halogens is 1. The highest BCUT2D eigenvalue weighted by Crippen LogP contribution is 2.29. The van der Waals surface area contributed by atoms with Gasteiger partial charge in [0.1, 0.15) is 5.82 Å². The van der Waals surface area contributed by atoms with Crippen LogP contribution < -0.4 is 10.2 Å². The van der Waals surface area contributed by atoms with Crippen LogP contribution in [0.15, 0.2) is 18.2 Å². The monoisotopic (exact) mass is 321 g/mol. The van der Waals surface area contributed by atoms with Crippen LogP contribution >= 0.6 is 0 Å². The van der Waals surface area contributed by atoms with Gasteiger partial charge in [0.05, 0.1) is 6.61 Å². The van der Waals surface area contributed by atoms with Crippen LogP contribution in [0, 0.1) is 5.82 Å². The Morgan fingerprint density at radius 2 is 2.09 bits per heavy atom. The van der Waals surface area contributed by atoms with Gasteiger partial charge in [-0.1, -0.05) is 6.92 Å². The molecule has 1 aromatic carbocycles. The third-order valence-electron chi connectivity index (χ3n) is 5.03. The molecule has 2 heterocycles. The molecule has 1 aromatic rings. The molecule has 128 valence electrons. The van der Waals surface area contributed by atoms with E-state index in [4.69, 9.17) is 4.74 Å². The summed E-state index contributed by atoms with van der Waals surface area (Å²) in [5.41, 5.74) is 2.22. The van der Waals surface area contributed by atoms with E-state index in [-0.39, 0.29) is 11.9 Å². The summed E-state index contributed by atoms with van der Waals surface area (Å²) in [6.45, 7) is 11.2. The molecule has 3 rings (SSSR count). The van der Waals surface area contributed by atoms with E-state index in [0.717, 1.165) is 57.9 Å². The molecule has 2 saturated heterocycles. The van der Waals surface area contributed by atoms with Gasteiger partial charge in [0.25, 0.3) is 0 Å². The number of benzene rings is 1. The van der Waals surface area contributed by atoms with E-state index in [0.29, 0.717) is 6.04 Å². The van der Waals surface area contributed by atoms with E-state index < -0.39 is 0 Å². The molecule has 2 atom stereocenters. The third-order valence-corrected chi connectivity index (χ3v) is 5.03. The Morgan fingerprint density at radius 3 is 2.74 bits per heavy atom. The summed E-state index contributed by atoms with van der Waals surface area (Å²) < 4.78 is 19.3. The first-order chi connectivity index (χ1) is 11.2. The number of hydrogen-bond donors (Lipinski definition) is 1. The Bertz CT molecular complexity index is 511. The molecule has 5 heteroatoms. The summed E-state index contributed by atoms with van der Waals surface area (Å²) in [5.74, 6) is -0.160. The second-order valence-electron chi connectivity index (χ2n) is 6.57. The maximum atomic E-state index is 13.8. The van der Waals surface area contributed by atoms with Crippen LogP contribution in [0.5, 0.6) is 0 Å². The van der Waals surface area contributed by atoms with E-state index in [1.807, 2.05) is 6.07 Å². The minimum atomic E-state index is -0.160. The van der Waals surface area contributed by atoms with Crippen LogP contribution in [0.4, 0.5) is 10.1 Å². The molecule has 0 saturated carbocycles. The lowest BCUT2D eigenvalue weighted by atomic mass is 10.0. The molecule has 0 aliphatic carbocycles. The Morgan fingerprint density at radius 1 is 1.30 bits per heavy atom. The third kappa shape index (κ3) is 4.03. The van der Waals surface area contributed by atoms with E-state index in [1.54, 1.807) is 12.1 Å². The molecular formula is C18H28FN3O. The van der Waals surface area contributed by atoms with Crippen molar-refractivity contribution in [2.24, 2.45) is 0 Å². The van der Waals surface area contributed by atoms with Crippen LogP contribution in [-0.4, -0.2) is 56.9 Å². The van der Waals surface area contributed by atoms with Crippen molar-refractivity contribution < 1.29 is 9.13 Å². The minimum Gasteiger partial charge on any atom is -0.380 e. The van der Waals surface area contributed by atoms with E-state index in [9.17, 15) is 4.39 Å². The molecule has 2 aliphatic heterocycles. The molecule has 2 fully saturated rings. The Hall–Kier alpha value is -1.17. The first kappa shape index (κ1) is 16.7. The number of nitrogens with one attached hydrogen (secondary N) is 1. The summed E-state index contributed by atoms with van der Waals surface area (Å²) in [6, 6.07) is 5.70. The topological polar surface area (TPSA) is 27.7 Å². The van der Waals surface area contributed by atoms with Gasteiger partial charge < -0.3 is 19.9 Å². The molecular weight excluding hydrogens is 293 g/mol. The van der Waals surface area contributed by atoms with Crippen LogP contribution in [0.2, 0.25) is 0 Å². The summed E-state index contributed by atoms with van der Waals surface area (Å²) in [5, 5.41) is 3.59. The standard InChI is InChI=1S/C18H28FN3O/c1-3-21-7-9-22(10-8-21)18-5-4-15(19)12-17(18)14(2)20-16-6-11-23-13-16/h4-5,12,14,16,20H,3,6-11,13H2,1-2H3/t14-,16+/m0/s1. The molecule has 23 heavy (non-hydrogen) atoms. The number of piperazine rings is 1. The van der Waals surface area contributed by atoms with Crippen LogP contribution in [0.25, 0.3) is 0 Å². The highest BCUT2D eigenvalue weighted by molar-refractivity contribution is 5.55. The fraction of sp³-hybridized carbons (Fsp3) is 0.667. The van der Waals surface area contributed by atoms with Gasteiger partial charge in [-0.2, -0.15) is 0 Å². The molecule has 0 spiro atoms.